The molecule has 0 aromatic heterocycles. The van der Waals surface area contributed by atoms with Gasteiger partial charge in [-0.1, -0.05) is 0 Å². The number of aliphatic hydroxyl groups excluding tert-OH is 1. The van der Waals surface area contributed by atoms with E-state index in [1.807, 2.05) is 11.8 Å². The van der Waals surface area contributed by atoms with Gasteiger partial charge in [-0.3, -0.25) is 0 Å². The quantitative estimate of drug-likeness (QED) is 0.703. The normalized spacial score (nSPS) is 18.8. The van der Waals surface area contributed by atoms with Crippen LogP contribution in [0.2, 0.25) is 0 Å². The predicted octanol–water partition coefficient (Wildman–Crippen LogP) is 0.278. The first-order valence-electron chi connectivity index (χ1n) is 5.96. The topological polar surface area (TPSA) is 69.6 Å². The smallest absolute Gasteiger partial charge is 0.279 e. The highest BCUT2D eigenvalue weighted by Crippen LogP contribution is 2.22. The molecule has 0 unspecified atom stereocenters. The fourth-order valence-electron chi connectivity index (χ4n) is 1.70. The van der Waals surface area contributed by atoms with E-state index in [1.165, 1.54) is 11.4 Å². The van der Waals surface area contributed by atoms with Crippen LogP contribution in [0.4, 0.5) is 0 Å². The Labute approximate surface area is 108 Å². The van der Waals surface area contributed by atoms with E-state index in [-0.39, 0.29) is 6.61 Å². The molecule has 1 fully saturated rings. The van der Waals surface area contributed by atoms with Crippen molar-refractivity contribution in [3.8, 4) is 0 Å². The Bertz CT molecular complexity index is 303. The van der Waals surface area contributed by atoms with Gasteiger partial charge in [-0.15, -0.1) is 0 Å². The molecule has 1 rings (SSSR count). The average molecular weight is 282 g/mol. The molecule has 7 heteroatoms. The molecule has 1 aliphatic rings. The minimum atomic E-state index is -3.37. The summed E-state index contributed by atoms with van der Waals surface area (Å²) in [7, 11) is -1.83. The van der Waals surface area contributed by atoms with Crippen molar-refractivity contribution in [1.82, 2.24) is 9.03 Å². The summed E-state index contributed by atoms with van der Waals surface area (Å²) in [5, 5.41) is 8.67. The minimum Gasteiger partial charge on any atom is -0.396 e. The molecule has 0 aliphatic carbocycles. The number of nitrogens with zero attached hydrogens (tertiary/aromatic N) is 1. The van der Waals surface area contributed by atoms with E-state index in [0.29, 0.717) is 25.4 Å². The number of nitrogens with one attached hydrogen (secondary N) is 1. The Hall–Kier alpha value is 0.180. The first kappa shape index (κ1) is 15.2. The lowest BCUT2D eigenvalue weighted by atomic mass is 10.0. The maximum Gasteiger partial charge on any atom is 0.279 e. The van der Waals surface area contributed by atoms with E-state index in [4.69, 9.17) is 5.11 Å². The van der Waals surface area contributed by atoms with Crippen LogP contribution in [0.5, 0.6) is 0 Å². The molecule has 0 bridgehead atoms. The zero-order valence-corrected chi connectivity index (χ0v) is 11.9. The van der Waals surface area contributed by atoms with Gasteiger partial charge >= 0.3 is 0 Å². The van der Waals surface area contributed by atoms with E-state index in [2.05, 4.69) is 4.72 Å². The van der Waals surface area contributed by atoms with Crippen LogP contribution in [0.1, 0.15) is 19.3 Å². The summed E-state index contributed by atoms with van der Waals surface area (Å²) in [6.45, 7) is 0.901. The molecule has 0 radical (unpaired) electrons. The van der Waals surface area contributed by atoms with Crippen LogP contribution in [0.15, 0.2) is 0 Å². The second-order valence-electron chi connectivity index (χ2n) is 4.31. The lowest BCUT2D eigenvalue weighted by Crippen LogP contribution is -2.41. The number of rotatable bonds is 7. The molecule has 0 amide bonds. The van der Waals surface area contributed by atoms with Crippen molar-refractivity contribution in [3.05, 3.63) is 0 Å². The second-order valence-corrected chi connectivity index (χ2v) is 7.39. The van der Waals surface area contributed by atoms with Gasteiger partial charge in [0.15, 0.2) is 0 Å². The lowest BCUT2D eigenvalue weighted by Gasteiger charge is -2.23. The molecule has 0 saturated carbocycles. The van der Waals surface area contributed by atoms with Gasteiger partial charge in [-0.2, -0.15) is 24.5 Å². The Kier molecular flexibility index (Phi) is 6.79. The Balaban J connectivity index is 2.32. The number of hydrogen-bond donors (Lipinski definition) is 2. The first-order chi connectivity index (χ1) is 8.06. The van der Waals surface area contributed by atoms with Gasteiger partial charge in [0.2, 0.25) is 0 Å². The maximum absolute atomic E-state index is 11.8. The van der Waals surface area contributed by atoms with Gasteiger partial charge in [0.1, 0.15) is 0 Å². The van der Waals surface area contributed by atoms with Gasteiger partial charge in [0, 0.05) is 26.7 Å². The molecule has 102 valence electrons. The molecular formula is C10H22N2O3S2. The summed E-state index contributed by atoms with van der Waals surface area (Å²) in [6, 6.07) is 0. The van der Waals surface area contributed by atoms with E-state index in [0.717, 1.165) is 24.3 Å². The van der Waals surface area contributed by atoms with Crippen LogP contribution >= 0.6 is 11.8 Å². The van der Waals surface area contributed by atoms with Crippen molar-refractivity contribution in [1.29, 1.82) is 0 Å². The lowest BCUT2D eigenvalue weighted by molar-refractivity contribution is 0.275. The molecule has 5 nitrogen and oxygen atoms in total. The van der Waals surface area contributed by atoms with E-state index < -0.39 is 10.2 Å². The van der Waals surface area contributed by atoms with Crippen LogP contribution in [-0.4, -0.2) is 56.1 Å². The summed E-state index contributed by atoms with van der Waals surface area (Å²) in [5.41, 5.74) is 0. The van der Waals surface area contributed by atoms with Gasteiger partial charge in [-0.25, -0.2) is 4.72 Å². The van der Waals surface area contributed by atoms with E-state index in [1.54, 1.807) is 0 Å². The Morgan fingerprint density at radius 1 is 1.41 bits per heavy atom. The fourth-order valence-corrected chi connectivity index (χ4v) is 3.94. The van der Waals surface area contributed by atoms with Crippen LogP contribution in [0.25, 0.3) is 0 Å². The van der Waals surface area contributed by atoms with Crippen molar-refractivity contribution in [2.75, 3.05) is 38.2 Å². The maximum atomic E-state index is 11.8. The number of thioether (sulfide) groups is 1. The van der Waals surface area contributed by atoms with Gasteiger partial charge < -0.3 is 5.11 Å². The molecule has 1 heterocycles. The molecular weight excluding hydrogens is 260 g/mol. The zero-order chi connectivity index (χ0) is 12.7. The molecule has 0 spiro atoms. The molecule has 0 aromatic rings. The summed E-state index contributed by atoms with van der Waals surface area (Å²) >= 11 is 1.93. The van der Waals surface area contributed by atoms with E-state index >= 15 is 0 Å². The Morgan fingerprint density at radius 2 is 2.06 bits per heavy atom. The molecule has 0 atom stereocenters. The van der Waals surface area contributed by atoms with Crippen LogP contribution < -0.4 is 4.72 Å². The van der Waals surface area contributed by atoms with Crippen LogP contribution in [0.3, 0.4) is 0 Å². The van der Waals surface area contributed by atoms with Crippen LogP contribution in [-0.2, 0) is 10.2 Å². The standard InChI is InChI=1S/C10H22N2O3S2/c1-12(5-2-6-13)17(14,15)11-9-10-3-7-16-8-4-10/h10-11,13H,2-9H2,1H3. The zero-order valence-electron chi connectivity index (χ0n) is 10.3. The summed E-state index contributed by atoms with van der Waals surface area (Å²) in [5.74, 6) is 2.73. The number of aliphatic hydroxyl groups is 1. The highest BCUT2D eigenvalue weighted by molar-refractivity contribution is 7.99. The third-order valence-corrected chi connectivity index (χ3v) is 5.52. The summed E-state index contributed by atoms with van der Waals surface area (Å²) < 4.78 is 27.5. The minimum absolute atomic E-state index is 0.0136. The largest absolute Gasteiger partial charge is 0.396 e. The molecule has 0 aromatic carbocycles. The first-order valence-corrected chi connectivity index (χ1v) is 8.55. The molecule has 1 saturated heterocycles. The van der Waals surface area contributed by atoms with Gasteiger partial charge in [0.05, 0.1) is 0 Å². The van der Waals surface area contributed by atoms with Crippen molar-refractivity contribution in [2.24, 2.45) is 5.92 Å². The van der Waals surface area contributed by atoms with Crippen molar-refractivity contribution in [2.45, 2.75) is 19.3 Å². The predicted molar refractivity (Wildman–Crippen MR) is 71.3 cm³/mol. The number of hydrogen-bond acceptors (Lipinski definition) is 4. The highest BCUT2D eigenvalue weighted by Gasteiger charge is 2.20. The van der Waals surface area contributed by atoms with E-state index in [9.17, 15) is 8.42 Å². The SMILES string of the molecule is CN(CCCO)S(=O)(=O)NCC1CCSCC1. The summed E-state index contributed by atoms with van der Waals surface area (Å²) in [4.78, 5) is 0. The molecule has 1 aliphatic heterocycles. The monoisotopic (exact) mass is 282 g/mol. The third kappa shape index (κ3) is 5.56. The summed E-state index contributed by atoms with van der Waals surface area (Å²) in [6.07, 6.45) is 2.65. The average Bonchev–Trinajstić information content (AvgIpc) is 2.35. The van der Waals surface area contributed by atoms with Gasteiger partial charge in [0.25, 0.3) is 10.2 Å². The van der Waals surface area contributed by atoms with Crippen molar-refractivity contribution < 1.29 is 13.5 Å². The fraction of sp³-hybridized carbons (Fsp3) is 1.00. The highest BCUT2D eigenvalue weighted by atomic mass is 32.2. The van der Waals surface area contributed by atoms with Crippen molar-refractivity contribution >= 4 is 22.0 Å². The third-order valence-electron chi connectivity index (χ3n) is 2.94. The second kappa shape index (κ2) is 7.58. The van der Waals surface area contributed by atoms with Crippen LogP contribution in [0, 0.1) is 5.92 Å². The molecule has 2 N–H and O–H groups in total. The van der Waals surface area contributed by atoms with Gasteiger partial charge in [-0.05, 0) is 36.7 Å². The molecule has 17 heavy (non-hydrogen) atoms. The van der Waals surface area contributed by atoms with Crippen molar-refractivity contribution in [3.63, 3.8) is 0 Å². The Morgan fingerprint density at radius 3 is 2.65 bits per heavy atom.